The van der Waals surface area contributed by atoms with Gasteiger partial charge in [0.1, 0.15) is 11.6 Å². The molecule has 0 fully saturated rings. The van der Waals surface area contributed by atoms with Crippen LogP contribution in [0.3, 0.4) is 0 Å². The molecule has 0 saturated heterocycles. The SMILES string of the molecule is Cc1cc(C)c(-c2cc(-c3cc(N(c4ccccn4)c4cccc5ccccc45)c4sc5ccccc5c4c3)nc(-c3ccccc3O)c2)c(C)c1. The van der Waals surface area contributed by atoms with Gasteiger partial charge >= 0.3 is 0 Å². The lowest BCUT2D eigenvalue weighted by Crippen LogP contribution is -2.12. The number of benzene rings is 6. The van der Waals surface area contributed by atoms with Crippen LogP contribution >= 0.6 is 11.3 Å². The Kier molecular flexibility index (Phi) is 7.79. The van der Waals surface area contributed by atoms with E-state index in [-0.39, 0.29) is 5.75 Å². The van der Waals surface area contributed by atoms with Crippen molar-refractivity contribution in [1.29, 1.82) is 0 Å². The van der Waals surface area contributed by atoms with Gasteiger partial charge in [-0.2, -0.15) is 0 Å². The third kappa shape index (κ3) is 5.47. The zero-order chi connectivity index (χ0) is 35.3. The van der Waals surface area contributed by atoms with E-state index in [1.54, 1.807) is 17.4 Å². The Bertz CT molecular complexity index is 2780. The number of phenols is 1. The predicted molar refractivity (Wildman–Crippen MR) is 219 cm³/mol. The number of fused-ring (bicyclic) bond motifs is 4. The highest BCUT2D eigenvalue weighted by Crippen LogP contribution is 2.48. The minimum absolute atomic E-state index is 0.202. The molecule has 3 heterocycles. The fraction of sp³-hybridized carbons (Fsp3) is 0.0638. The number of aromatic hydroxyl groups is 1. The summed E-state index contributed by atoms with van der Waals surface area (Å²) in [6.45, 7) is 6.48. The fourth-order valence-electron chi connectivity index (χ4n) is 7.68. The molecule has 0 spiro atoms. The Morgan fingerprint density at radius 3 is 2.10 bits per heavy atom. The molecule has 0 atom stereocenters. The number of thiophene rings is 1. The molecule has 3 aromatic heterocycles. The number of aromatic nitrogens is 2. The van der Waals surface area contributed by atoms with Crippen LogP contribution < -0.4 is 4.90 Å². The molecule has 250 valence electrons. The number of hydrogen-bond acceptors (Lipinski definition) is 5. The van der Waals surface area contributed by atoms with Crippen LogP contribution in [0.15, 0.2) is 152 Å². The van der Waals surface area contributed by atoms with E-state index in [2.05, 4.69) is 135 Å². The number of para-hydroxylation sites is 1. The number of anilines is 3. The second-order valence-corrected chi connectivity index (χ2v) is 14.5. The zero-order valence-corrected chi connectivity index (χ0v) is 29.9. The van der Waals surface area contributed by atoms with Crippen LogP contribution in [0.2, 0.25) is 0 Å². The van der Waals surface area contributed by atoms with Gasteiger partial charge in [-0.25, -0.2) is 9.97 Å². The summed E-state index contributed by atoms with van der Waals surface area (Å²) in [5.74, 6) is 1.03. The largest absolute Gasteiger partial charge is 0.507 e. The molecule has 0 aliphatic rings. The highest BCUT2D eigenvalue weighted by Gasteiger charge is 2.23. The molecule has 0 amide bonds. The maximum atomic E-state index is 11.1. The molecule has 9 rings (SSSR count). The van der Waals surface area contributed by atoms with Gasteiger partial charge in [-0.3, -0.25) is 4.90 Å². The van der Waals surface area contributed by atoms with Crippen LogP contribution in [0.4, 0.5) is 17.2 Å². The third-order valence-corrected chi connectivity index (χ3v) is 11.1. The van der Waals surface area contributed by atoms with Gasteiger partial charge in [0.05, 0.1) is 27.5 Å². The van der Waals surface area contributed by atoms with Crippen LogP contribution in [0.25, 0.3) is 64.6 Å². The molecule has 6 aromatic carbocycles. The molecule has 52 heavy (non-hydrogen) atoms. The van der Waals surface area contributed by atoms with Crippen molar-refractivity contribution in [2.24, 2.45) is 0 Å². The standard InChI is InChI=1S/C47H35N3OS/c1-29-23-30(2)46(31(3)24-29)34-26-39(49-40(27-34)37-17-6-8-19-43(37)51)33-25-38-36-16-7-9-20-44(36)52-47(38)42(28-33)50(45-21-10-11-22-48-45)41-18-12-14-32-13-4-5-15-35(32)41/h4-28,51H,1-3H3. The quantitative estimate of drug-likeness (QED) is 0.189. The van der Waals surface area contributed by atoms with Gasteiger partial charge in [-0.15, -0.1) is 11.3 Å². The van der Waals surface area contributed by atoms with Crippen LogP contribution in [0, 0.1) is 20.8 Å². The zero-order valence-electron chi connectivity index (χ0n) is 29.1. The number of hydrogen-bond donors (Lipinski definition) is 1. The summed E-state index contributed by atoms with van der Waals surface area (Å²) in [7, 11) is 0. The summed E-state index contributed by atoms with van der Waals surface area (Å²) in [6.07, 6.45) is 1.86. The molecule has 5 heteroatoms. The van der Waals surface area contributed by atoms with Crippen molar-refractivity contribution in [3.8, 4) is 39.4 Å². The third-order valence-electron chi connectivity index (χ3n) is 9.85. The summed E-state index contributed by atoms with van der Waals surface area (Å²) in [5, 5.41) is 15.7. The highest BCUT2D eigenvalue weighted by molar-refractivity contribution is 7.26. The molecule has 0 aliphatic heterocycles. The number of phenolic OH excluding ortho intramolecular Hbond substituents is 1. The van der Waals surface area contributed by atoms with E-state index in [4.69, 9.17) is 9.97 Å². The van der Waals surface area contributed by atoms with Crippen LogP contribution in [0.1, 0.15) is 16.7 Å². The van der Waals surface area contributed by atoms with Crippen LogP contribution in [0.5, 0.6) is 5.75 Å². The molecular formula is C47H35N3OS. The van der Waals surface area contributed by atoms with Gasteiger partial charge in [0.25, 0.3) is 0 Å². The maximum Gasteiger partial charge on any atom is 0.137 e. The molecule has 0 bridgehead atoms. The van der Waals surface area contributed by atoms with E-state index in [0.717, 1.165) is 55.9 Å². The van der Waals surface area contributed by atoms with Crippen molar-refractivity contribution < 1.29 is 5.11 Å². The minimum Gasteiger partial charge on any atom is -0.507 e. The van der Waals surface area contributed by atoms with E-state index < -0.39 is 0 Å². The molecule has 0 aliphatic carbocycles. The van der Waals surface area contributed by atoms with E-state index in [1.807, 2.05) is 36.5 Å². The Hall–Kier alpha value is -6.30. The fourth-order valence-corrected chi connectivity index (χ4v) is 8.86. The Balaban J connectivity index is 1.38. The van der Waals surface area contributed by atoms with Gasteiger partial charge in [0, 0.05) is 38.2 Å². The van der Waals surface area contributed by atoms with Crippen molar-refractivity contribution in [2.75, 3.05) is 4.90 Å². The summed E-state index contributed by atoms with van der Waals surface area (Å²) < 4.78 is 2.39. The first-order chi connectivity index (χ1) is 25.4. The topological polar surface area (TPSA) is 49.2 Å². The van der Waals surface area contributed by atoms with Crippen molar-refractivity contribution in [2.45, 2.75) is 20.8 Å². The highest BCUT2D eigenvalue weighted by atomic mass is 32.1. The predicted octanol–water partition coefficient (Wildman–Crippen LogP) is 13.1. The summed E-state index contributed by atoms with van der Waals surface area (Å²) >= 11 is 1.80. The van der Waals surface area contributed by atoms with Crippen molar-refractivity contribution in [3.05, 3.63) is 168 Å². The Labute approximate surface area is 306 Å². The molecule has 0 saturated carbocycles. The number of pyridine rings is 2. The maximum absolute atomic E-state index is 11.1. The average molecular weight is 690 g/mol. The minimum atomic E-state index is 0.202. The van der Waals surface area contributed by atoms with Crippen molar-refractivity contribution >= 4 is 59.5 Å². The first-order valence-corrected chi connectivity index (χ1v) is 18.3. The van der Waals surface area contributed by atoms with Crippen LogP contribution in [-0.2, 0) is 0 Å². The summed E-state index contributed by atoms with van der Waals surface area (Å²) in [4.78, 5) is 12.5. The summed E-state index contributed by atoms with van der Waals surface area (Å²) in [5.41, 5.74) is 11.2. The van der Waals surface area contributed by atoms with Gasteiger partial charge in [0.15, 0.2) is 0 Å². The van der Waals surface area contributed by atoms with E-state index in [1.165, 1.54) is 37.0 Å². The molecule has 4 nitrogen and oxygen atoms in total. The number of rotatable bonds is 6. The average Bonchev–Trinajstić information content (AvgIpc) is 3.54. The lowest BCUT2D eigenvalue weighted by Gasteiger charge is -2.27. The smallest absolute Gasteiger partial charge is 0.137 e. The Morgan fingerprint density at radius 1 is 0.577 bits per heavy atom. The van der Waals surface area contributed by atoms with Gasteiger partial charge < -0.3 is 5.11 Å². The van der Waals surface area contributed by atoms with Gasteiger partial charge in [0.2, 0.25) is 0 Å². The molecule has 0 unspecified atom stereocenters. The number of nitrogens with zero attached hydrogens (tertiary/aromatic N) is 3. The van der Waals surface area contributed by atoms with Crippen molar-refractivity contribution in [1.82, 2.24) is 9.97 Å². The normalized spacial score (nSPS) is 11.4. The van der Waals surface area contributed by atoms with E-state index >= 15 is 0 Å². The lowest BCUT2D eigenvalue weighted by atomic mass is 9.92. The number of aryl methyl sites for hydroxylation is 3. The first kappa shape index (κ1) is 31.7. The molecule has 1 N–H and O–H groups in total. The van der Waals surface area contributed by atoms with E-state index in [0.29, 0.717) is 5.56 Å². The van der Waals surface area contributed by atoms with Crippen LogP contribution in [-0.4, -0.2) is 15.1 Å². The Morgan fingerprint density at radius 2 is 1.29 bits per heavy atom. The molecule has 9 aromatic rings. The monoisotopic (exact) mass is 689 g/mol. The van der Waals surface area contributed by atoms with E-state index in [9.17, 15) is 5.11 Å². The first-order valence-electron chi connectivity index (χ1n) is 17.5. The summed E-state index contributed by atoms with van der Waals surface area (Å²) in [6, 6.07) is 50.5. The molecular weight excluding hydrogens is 655 g/mol. The second kappa shape index (κ2) is 12.8. The second-order valence-electron chi connectivity index (χ2n) is 13.4. The van der Waals surface area contributed by atoms with Gasteiger partial charge in [-0.1, -0.05) is 90.5 Å². The molecule has 0 radical (unpaired) electrons. The van der Waals surface area contributed by atoms with Crippen molar-refractivity contribution in [3.63, 3.8) is 0 Å². The lowest BCUT2D eigenvalue weighted by molar-refractivity contribution is 0.477. The van der Waals surface area contributed by atoms with Gasteiger partial charge in [-0.05, 0) is 109 Å².